The van der Waals surface area contributed by atoms with Gasteiger partial charge >= 0.3 is 0 Å². The van der Waals surface area contributed by atoms with E-state index in [2.05, 4.69) is 15.3 Å². The number of furan rings is 1. The molecule has 1 aliphatic rings. The van der Waals surface area contributed by atoms with E-state index in [-0.39, 0.29) is 5.24 Å². The molecule has 0 saturated carbocycles. The van der Waals surface area contributed by atoms with Crippen LogP contribution in [0.1, 0.15) is 11.5 Å². The smallest absolute Gasteiger partial charge is 0.290 e. The largest absolute Gasteiger partial charge is 0.456 e. The van der Waals surface area contributed by atoms with Crippen LogP contribution >= 0.6 is 11.8 Å². The van der Waals surface area contributed by atoms with Crippen molar-refractivity contribution in [2.45, 2.75) is 6.92 Å². The van der Waals surface area contributed by atoms with Crippen molar-refractivity contribution < 1.29 is 14.0 Å². The Bertz CT molecular complexity index is 1020. The second-order valence-corrected chi connectivity index (χ2v) is 6.31. The summed E-state index contributed by atoms with van der Waals surface area (Å²) in [7, 11) is 0. The molecule has 6 nitrogen and oxygen atoms in total. The molecule has 118 valence electrons. The van der Waals surface area contributed by atoms with Crippen molar-refractivity contribution in [2.75, 3.05) is 0 Å². The van der Waals surface area contributed by atoms with Gasteiger partial charge in [0.2, 0.25) is 0 Å². The standard InChI is InChI=1S/C17H11N3O3S/c1-9-4-10(2-3-19-9)13-8-18-7-11-5-12(23-15(11)13)6-14-16(21)20-17(22)24-14/h2-8H,1H3,(H,20,21,22)/b14-6-. The highest BCUT2D eigenvalue weighted by molar-refractivity contribution is 8.18. The van der Waals surface area contributed by atoms with Gasteiger partial charge in [-0.15, -0.1) is 0 Å². The normalized spacial score (nSPS) is 16.1. The fourth-order valence-electron chi connectivity index (χ4n) is 2.52. The van der Waals surface area contributed by atoms with Crippen molar-refractivity contribution in [3.05, 3.63) is 53.1 Å². The van der Waals surface area contributed by atoms with Crippen LogP contribution in [0.2, 0.25) is 0 Å². The van der Waals surface area contributed by atoms with Crippen LogP contribution in [0.4, 0.5) is 4.79 Å². The number of nitrogens with one attached hydrogen (secondary N) is 1. The first-order chi connectivity index (χ1) is 11.6. The van der Waals surface area contributed by atoms with Gasteiger partial charge in [0.15, 0.2) is 0 Å². The number of carbonyl (C=O) groups excluding carboxylic acids is 2. The summed E-state index contributed by atoms with van der Waals surface area (Å²) in [5.74, 6) is 0.0888. The van der Waals surface area contributed by atoms with E-state index in [9.17, 15) is 9.59 Å². The van der Waals surface area contributed by atoms with Gasteiger partial charge in [-0.2, -0.15) is 0 Å². The maximum absolute atomic E-state index is 11.6. The Morgan fingerprint density at radius 3 is 2.88 bits per heavy atom. The number of nitrogens with zero attached hydrogens (tertiary/aromatic N) is 2. The molecule has 24 heavy (non-hydrogen) atoms. The summed E-state index contributed by atoms with van der Waals surface area (Å²) in [5.41, 5.74) is 3.38. The van der Waals surface area contributed by atoms with Crippen molar-refractivity contribution in [3.8, 4) is 11.1 Å². The van der Waals surface area contributed by atoms with E-state index in [1.54, 1.807) is 30.7 Å². The van der Waals surface area contributed by atoms with Crippen LogP contribution in [0, 0.1) is 6.92 Å². The van der Waals surface area contributed by atoms with Gasteiger partial charge in [0, 0.05) is 41.3 Å². The lowest BCUT2D eigenvalue weighted by atomic mass is 10.1. The molecule has 2 amide bonds. The Balaban J connectivity index is 1.82. The van der Waals surface area contributed by atoms with Crippen LogP contribution in [0.5, 0.6) is 0 Å². The van der Waals surface area contributed by atoms with Gasteiger partial charge < -0.3 is 4.42 Å². The molecule has 0 bridgehead atoms. The van der Waals surface area contributed by atoms with Gasteiger partial charge in [0.1, 0.15) is 11.3 Å². The van der Waals surface area contributed by atoms with Gasteiger partial charge in [0.05, 0.1) is 4.91 Å². The zero-order valence-corrected chi connectivity index (χ0v) is 13.4. The van der Waals surface area contributed by atoms with Gasteiger partial charge in [0.25, 0.3) is 11.1 Å². The lowest BCUT2D eigenvalue weighted by Crippen LogP contribution is -2.17. The number of imide groups is 1. The number of thioether (sulfide) groups is 1. The minimum absolute atomic E-state index is 0.313. The van der Waals surface area contributed by atoms with E-state index >= 15 is 0 Å². The highest BCUT2D eigenvalue weighted by Crippen LogP contribution is 2.32. The molecule has 1 saturated heterocycles. The first-order valence-corrected chi connectivity index (χ1v) is 7.97. The average molecular weight is 337 g/mol. The SMILES string of the molecule is Cc1cc(-c2cncc3cc(/C=C4\SC(=O)NC4=O)oc23)ccn1. The van der Waals surface area contributed by atoms with Crippen LogP contribution in [0.25, 0.3) is 28.2 Å². The van der Waals surface area contributed by atoms with Gasteiger partial charge in [-0.3, -0.25) is 24.9 Å². The molecule has 0 aromatic carbocycles. The molecule has 0 spiro atoms. The predicted octanol–water partition coefficient (Wildman–Crippen LogP) is 3.52. The minimum Gasteiger partial charge on any atom is -0.456 e. The summed E-state index contributed by atoms with van der Waals surface area (Å²) >= 11 is 0.859. The summed E-state index contributed by atoms with van der Waals surface area (Å²) in [5, 5.41) is 2.67. The zero-order valence-electron chi connectivity index (χ0n) is 12.6. The van der Waals surface area contributed by atoms with E-state index in [1.807, 2.05) is 19.1 Å². The number of carbonyl (C=O) groups is 2. The minimum atomic E-state index is -0.409. The number of fused-ring (bicyclic) bond motifs is 1. The van der Waals surface area contributed by atoms with Gasteiger partial charge in [-0.1, -0.05) is 0 Å². The number of hydrogen-bond acceptors (Lipinski definition) is 6. The Labute approximate surface area is 141 Å². The molecule has 0 unspecified atom stereocenters. The molecule has 3 aromatic heterocycles. The van der Waals surface area contributed by atoms with E-state index in [4.69, 9.17) is 4.42 Å². The summed E-state index contributed by atoms with van der Waals surface area (Å²) in [4.78, 5) is 31.6. The molecule has 7 heteroatoms. The number of aryl methyl sites for hydroxylation is 1. The average Bonchev–Trinajstić information content (AvgIpc) is 3.09. The third-order valence-electron chi connectivity index (χ3n) is 3.56. The summed E-state index contributed by atoms with van der Waals surface area (Å²) < 4.78 is 5.90. The van der Waals surface area contributed by atoms with Crippen LogP contribution < -0.4 is 5.32 Å². The first-order valence-electron chi connectivity index (χ1n) is 7.15. The van der Waals surface area contributed by atoms with Crippen molar-refractivity contribution in [3.63, 3.8) is 0 Å². The maximum Gasteiger partial charge on any atom is 0.290 e. The monoisotopic (exact) mass is 337 g/mol. The molecule has 1 fully saturated rings. The number of hydrogen-bond donors (Lipinski definition) is 1. The van der Waals surface area contributed by atoms with E-state index in [0.717, 1.165) is 34.0 Å². The second kappa shape index (κ2) is 5.61. The van der Waals surface area contributed by atoms with Crippen molar-refractivity contribution >= 4 is 40.0 Å². The van der Waals surface area contributed by atoms with Crippen LogP contribution in [-0.4, -0.2) is 21.1 Å². The zero-order chi connectivity index (χ0) is 16.7. The molecule has 3 aromatic rings. The van der Waals surface area contributed by atoms with E-state index < -0.39 is 5.91 Å². The van der Waals surface area contributed by atoms with Gasteiger partial charge in [-0.25, -0.2) is 0 Å². The molecule has 4 heterocycles. The second-order valence-electron chi connectivity index (χ2n) is 5.29. The van der Waals surface area contributed by atoms with Crippen LogP contribution in [0.15, 0.2) is 46.1 Å². The fourth-order valence-corrected chi connectivity index (χ4v) is 3.18. The molecule has 1 N–H and O–H groups in total. The lowest BCUT2D eigenvalue weighted by Gasteiger charge is -2.02. The Morgan fingerprint density at radius 2 is 2.12 bits per heavy atom. The molecule has 0 radical (unpaired) electrons. The quantitative estimate of drug-likeness (QED) is 0.720. The maximum atomic E-state index is 11.6. The molecule has 1 aliphatic heterocycles. The number of aromatic nitrogens is 2. The summed E-state index contributed by atoms with van der Waals surface area (Å²) in [6.45, 7) is 1.92. The number of rotatable bonds is 2. The van der Waals surface area contributed by atoms with Crippen molar-refractivity contribution in [1.82, 2.24) is 15.3 Å². The van der Waals surface area contributed by atoms with Crippen molar-refractivity contribution in [1.29, 1.82) is 0 Å². The van der Waals surface area contributed by atoms with Crippen LogP contribution in [-0.2, 0) is 4.79 Å². The Morgan fingerprint density at radius 1 is 1.25 bits per heavy atom. The first kappa shape index (κ1) is 14.6. The lowest BCUT2D eigenvalue weighted by molar-refractivity contribution is -0.115. The molecular formula is C17H11N3O3S. The highest BCUT2D eigenvalue weighted by Gasteiger charge is 2.25. The van der Waals surface area contributed by atoms with Crippen molar-refractivity contribution in [2.24, 2.45) is 0 Å². The Kier molecular flexibility index (Phi) is 3.42. The topological polar surface area (TPSA) is 85.1 Å². The van der Waals surface area contributed by atoms with E-state index in [0.29, 0.717) is 16.2 Å². The number of pyridine rings is 2. The van der Waals surface area contributed by atoms with Crippen LogP contribution in [0.3, 0.4) is 0 Å². The molecular weight excluding hydrogens is 326 g/mol. The van der Waals surface area contributed by atoms with E-state index in [1.165, 1.54) is 0 Å². The summed E-state index contributed by atoms with van der Waals surface area (Å²) in [6, 6.07) is 5.64. The molecule has 0 aliphatic carbocycles. The third-order valence-corrected chi connectivity index (χ3v) is 4.38. The third kappa shape index (κ3) is 2.59. The highest BCUT2D eigenvalue weighted by atomic mass is 32.2. The Hall–Kier alpha value is -2.93. The van der Waals surface area contributed by atoms with Gasteiger partial charge in [-0.05, 0) is 42.4 Å². The molecule has 0 atom stereocenters. The molecule has 4 rings (SSSR count). The summed E-state index contributed by atoms with van der Waals surface area (Å²) in [6.07, 6.45) is 6.73. The number of amides is 2. The predicted molar refractivity (Wildman–Crippen MR) is 91.1 cm³/mol. The fraction of sp³-hybridized carbons (Fsp3) is 0.0588.